The van der Waals surface area contributed by atoms with Crippen LogP contribution in [0.4, 0.5) is 50.0 Å². The Kier molecular flexibility index (Phi) is 9.43. The molecule has 3 rings (SSSR count). The summed E-state index contributed by atoms with van der Waals surface area (Å²) in [6.45, 7) is 2.45. The van der Waals surface area contributed by atoms with Crippen molar-refractivity contribution in [2.24, 2.45) is 0 Å². The molecular formula is C26H27F9N2O4. The maximum Gasteiger partial charge on any atom is 0.416 e. The Labute approximate surface area is 229 Å². The Balaban J connectivity index is 2.22. The van der Waals surface area contributed by atoms with Gasteiger partial charge in [0.25, 0.3) is 0 Å². The van der Waals surface area contributed by atoms with Gasteiger partial charge in [-0.2, -0.15) is 39.5 Å². The Morgan fingerprint density at radius 1 is 0.951 bits per heavy atom. The van der Waals surface area contributed by atoms with Crippen molar-refractivity contribution in [3.05, 3.63) is 64.2 Å². The van der Waals surface area contributed by atoms with E-state index in [0.29, 0.717) is 12.1 Å². The number of hydrogen-bond donors (Lipinski definition) is 1. The third kappa shape index (κ3) is 7.18. The van der Waals surface area contributed by atoms with Crippen LogP contribution in [0.2, 0.25) is 0 Å². The van der Waals surface area contributed by atoms with E-state index in [4.69, 9.17) is 9.47 Å². The number of benzene rings is 2. The van der Waals surface area contributed by atoms with E-state index in [0.717, 1.165) is 30.2 Å². The van der Waals surface area contributed by atoms with Crippen LogP contribution in [0.25, 0.3) is 0 Å². The number of nitrogens with zero attached hydrogens (tertiary/aromatic N) is 2. The molecule has 6 nitrogen and oxygen atoms in total. The molecule has 0 aliphatic carbocycles. The predicted octanol–water partition coefficient (Wildman–Crippen LogP) is 7.35. The number of methoxy groups -OCH3 is 1. The highest BCUT2D eigenvalue weighted by Gasteiger charge is 2.43. The van der Waals surface area contributed by atoms with Gasteiger partial charge in [0.2, 0.25) is 6.41 Å². The summed E-state index contributed by atoms with van der Waals surface area (Å²) in [5.41, 5.74) is -5.05. The van der Waals surface area contributed by atoms with Crippen LogP contribution in [0.15, 0.2) is 36.4 Å². The number of anilines is 1. The number of alkyl halides is 9. The Morgan fingerprint density at radius 3 is 1.98 bits per heavy atom. The number of amides is 1. The van der Waals surface area contributed by atoms with Crippen LogP contribution in [-0.2, 0) is 34.5 Å². The fraction of sp³-hybridized carbons (Fsp3) is 0.500. The van der Waals surface area contributed by atoms with Gasteiger partial charge >= 0.3 is 24.6 Å². The number of carbonyl (C=O) groups excluding carboxylic acids is 1. The lowest BCUT2D eigenvalue weighted by Gasteiger charge is -2.46. The topological polar surface area (TPSA) is 62.2 Å². The van der Waals surface area contributed by atoms with Crippen LogP contribution < -0.4 is 4.90 Å². The molecular weight excluding hydrogens is 575 g/mol. The minimum Gasteiger partial charge on any atom is -0.453 e. The second-order valence-electron chi connectivity index (χ2n) is 9.29. The smallest absolute Gasteiger partial charge is 0.416 e. The third-order valence-corrected chi connectivity index (χ3v) is 6.69. The molecule has 0 aromatic heterocycles. The lowest BCUT2D eigenvalue weighted by atomic mass is 9.87. The van der Waals surface area contributed by atoms with E-state index in [1.807, 2.05) is 0 Å². The first kappa shape index (κ1) is 32.3. The summed E-state index contributed by atoms with van der Waals surface area (Å²) >= 11 is 0. The van der Waals surface area contributed by atoms with Gasteiger partial charge in [-0.15, -0.1) is 0 Å². The minimum absolute atomic E-state index is 0.0379. The molecule has 0 radical (unpaired) electrons. The van der Waals surface area contributed by atoms with Crippen molar-refractivity contribution in [3.63, 3.8) is 0 Å². The van der Waals surface area contributed by atoms with Crippen LogP contribution in [0, 0.1) is 0 Å². The number of aliphatic hydroxyl groups excluding tert-OH is 1. The molecule has 15 heteroatoms. The van der Waals surface area contributed by atoms with E-state index < -0.39 is 71.9 Å². The maximum atomic E-state index is 13.7. The fourth-order valence-electron chi connectivity index (χ4n) is 4.84. The van der Waals surface area contributed by atoms with Gasteiger partial charge in [-0.1, -0.05) is 6.92 Å². The van der Waals surface area contributed by atoms with Crippen LogP contribution in [0.3, 0.4) is 0 Å². The fourth-order valence-corrected chi connectivity index (χ4v) is 4.84. The lowest BCUT2D eigenvalue weighted by Crippen LogP contribution is -2.51. The largest absolute Gasteiger partial charge is 0.453 e. The van der Waals surface area contributed by atoms with Crippen LogP contribution in [0.5, 0.6) is 0 Å². The summed E-state index contributed by atoms with van der Waals surface area (Å²) < 4.78 is 132. The highest BCUT2D eigenvalue weighted by Crippen LogP contribution is 2.46. The number of halogens is 9. The summed E-state index contributed by atoms with van der Waals surface area (Å²) in [5.74, 6) is 0. The van der Waals surface area contributed by atoms with Crippen molar-refractivity contribution in [2.45, 2.75) is 70.3 Å². The molecule has 1 N–H and O–H groups in total. The van der Waals surface area contributed by atoms with E-state index in [9.17, 15) is 49.4 Å². The molecule has 2 aromatic carbocycles. The van der Waals surface area contributed by atoms with Gasteiger partial charge in [0.15, 0.2) is 0 Å². The minimum atomic E-state index is -5.16. The molecule has 0 spiro atoms. The molecule has 228 valence electrons. The standard InChI is InChI=1S/C26H27F9N2O4/c1-4-18-12-21(19-11-15(24(27,28)29)6-7-20(19)37(18)23(39)41-5-2)36(22(38)40-3)13-14-8-16(25(30,31)32)10-17(9-14)26(33,34)35/h6-11,18,21,23,39H,4-5,12-13H2,1-3H3/t18-,21+,23?/m1/s1. The summed E-state index contributed by atoms with van der Waals surface area (Å²) in [6.07, 6.45) is -17.8. The van der Waals surface area contributed by atoms with Crippen molar-refractivity contribution in [1.29, 1.82) is 0 Å². The number of fused-ring (bicyclic) bond motifs is 1. The average molecular weight is 602 g/mol. The molecule has 3 atom stereocenters. The molecule has 0 bridgehead atoms. The first-order valence-electron chi connectivity index (χ1n) is 12.3. The summed E-state index contributed by atoms with van der Waals surface area (Å²) in [7, 11) is 0.918. The molecule has 1 unspecified atom stereocenters. The Morgan fingerprint density at radius 2 is 1.51 bits per heavy atom. The van der Waals surface area contributed by atoms with Crippen LogP contribution in [0.1, 0.15) is 60.5 Å². The molecule has 0 saturated heterocycles. The normalized spacial score (nSPS) is 18.6. The molecule has 0 fully saturated rings. The van der Waals surface area contributed by atoms with Gasteiger partial charge < -0.3 is 19.5 Å². The lowest BCUT2D eigenvalue weighted by molar-refractivity contribution is -0.143. The maximum absolute atomic E-state index is 13.7. The van der Waals surface area contributed by atoms with Gasteiger partial charge in [-0.05, 0) is 67.3 Å². The van der Waals surface area contributed by atoms with Crippen molar-refractivity contribution < 1.29 is 58.9 Å². The first-order chi connectivity index (χ1) is 18.9. The quantitative estimate of drug-likeness (QED) is 0.265. The number of carbonyl (C=O) groups is 1. The predicted molar refractivity (Wildman–Crippen MR) is 127 cm³/mol. The molecule has 1 amide bonds. The van der Waals surface area contributed by atoms with E-state index in [2.05, 4.69) is 0 Å². The Hall–Kier alpha value is -3.20. The molecule has 2 aromatic rings. The highest BCUT2D eigenvalue weighted by molar-refractivity contribution is 5.70. The van der Waals surface area contributed by atoms with E-state index in [1.54, 1.807) is 13.8 Å². The second-order valence-corrected chi connectivity index (χ2v) is 9.29. The number of aliphatic hydroxyl groups is 1. The monoisotopic (exact) mass is 602 g/mol. The third-order valence-electron chi connectivity index (χ3n) is 6.69. The average Bonchev–Trinajstić information content (AvgIpc) is 2.88. The molecule has 1 heterocycles. The molecule has 1 aliphatic heterocycles. The number of hydrogen-bond acceptors (Lipinski definition) is 5. The van der Waals surface area contributed by atoms with Crippen LogP contribution in [-0.4, -0.2) is 42.3 Å². The first-order valence-corrected chi connectivity index (χ1v) is 12.3. The van der Waals surface area contributed by atoms with Crippen molar-refractivity contribution in [2.75, 3.05) is 18.6 Å². The Bertz CT molecular complexity index is 1200. The van der Waals surface area contributed by atoms with Crippen molar-refractivity contribution in [1.82, 2.24) is 4.90 Å². The summed E-state index contributed by atoms with van der Waals surface area (Å²) in [6, 6.07) is 1.39. The number of rotatable bonds is 7. The summed E-state index contributed by atoms with van der Waals surface area (Å²) in [4.78, 5) is 15.0. The zero-order valence-corrected chi connectivity index (χ0v) is 22.0. The van der Waals surface area contributed by atoms with E-state index >= 15 is 0 Å². The van der Waals surface area contributed by atoms with Crippen molar-refractivity contribution >= 4 is 11.8 Å². The van der Waals surface area contributed by atoms with E-state index in [1.165, 1.54) is 4.90 Å². The van der Waals surface area contributed by atoms with Gasteiger partial charge in [-0.25, -0.2) is 4.79 Å². The van der Waals surface area contributed by atoms with E-state index in [-0.39, 0.29) is 36.8 Å². The van der Waals surface area contributed by atoms with Gasteiger partial charge in [0.1, 0.15) is 0 Å². The van der Waals surface area contributed by atoms with Gasteiger partial charge in [0, 0.05) is 24.9 Å². The zero-order chi connectivity index (χ0) is 30.9. The van der Waals surface area contributed by atoms with Gasteiger partial charge in [0.05, 0.1) is 29.8 Å². The highest BCUT2D eigenvalue weighted by atomic mass is 19.4. The number of ether oxygens (including phenoxy) is 2. The van der Waals surface area contributed by atoms with Gasteiger partial charge in [-0.3, -0.25) is 4.90 Å². The molecule has 41 heavy (non-hydrogen) atoms. The molecule has 1 aliphatic rings. The second kappa shape index (κ2) is 12.0. The van der Waals surface area contributed by atoms with Crippen molar-refractivity contribution in [3.8, 4) is 0 Å². The zero-order valence-electron chi connectivity index (χ0n) is 22.0. The molecule has 0 saturated carbocycles. The SMILES string of the molecule is CCOC(O)N1c2ccc(C(F)(F)F)cc2[C@@H](N(Cc2cc(C(F)(F)F)cc(C(F)(F)F)c2)C(=O)OC)C[C@H]1CC. The van der Waals surface area contributed by atoms with Crippen LogP contribution >= 0.6 is 0 Å². The summed E-state index contributed by atoms with van der Waals surface area (Å²) in [5, 5.41) is 10.6.